The Bertz CT molecular complexity index is 895. The zero-order chi connectivity index (χ0) is 16.4. The van der Waals surface area contributed by atoms with Crippen LogP contribution in [0.1, 0.15) is 50.4 Å². The number of rotatable bonds is 2. The Hall–Kier alpha value is -2.36. The lowest BCUT2D eigenvalue weighted by Crippen LogP contribution is -2.03. The van der Waals surface area contributed by atoms with E-state index in [4.69, 9.17) is 0 Å². The van der Waals surface area contributed by atoms with Gasteiger partial charge in [0.1, 0.15) is 0 Å². The van der Waals surface area contributed by atoms with Crippen LogP contribution in [0, 0.1) is 10.8 Å². The molecule has 4 rings (SSSR count). The van der Waals surface area contributed by atoms with E-state index in [1.54, 1.807) is 0 Å². The van der Waals surface area contributed by atoms with Crippen LogP contribution < -0.4 is 5.56 Å². The van der Waals surface area contributed by atoms with Gasteiger partial charge in [-0.3, -0.25) is 14.9 Å². The maximum Gasteiger partial charge on any atom is 0.271 e. The first-order chi connectivity index (χ1) is 10.8. The number of benzene rings is 1. The molecule has 1 aliphatic heterocycles. The van der Waals surface area contributed by atoms with Gasteiger partial charge in [0.05, 0.1) is 11.3 Å². The summed E-state index contributed by atoms with van der Waals surface area (Å²) in [6.45, 7) is 9.02. The third kappa shape index (κ3) is 1.84. The van der Waals surface area contributed by atoms with Crippen molar-refractivity contribution < 1.29 is 0 Å². The van der Waals surface area contributed by atoms with Crippen molar-refractivity contribution in [1.82, 2.24) is 10.2 Å². The fraction of sp³-hybridized carbons (Fsp3) is 0.368. The van der Waals surface area contributed by atoms with E-state index in [1.807, 2.05) is 36.6 Å². The summed E-state index contributed by atoms with van der Waals surface area (Å²) >= 11 is 0. The average molecular weight is 307 g/mol. The smallest absolute Gasteiger partial charge is 0.271 e. The predicted octanol–water partition coefficient (Wildman–Crippen LogP) is 4.11. The van der Waals surface area contributed by atoms with E-state index in [0.29, 0.717) is 5.92 Å². The average Bonchev–Trinajstić information content (AvgIpc) is 2.88. The number of aliphatic imine (C=N–C) groups is 1. The molecule has 0 saturated heterocycles. The molecule has 4 nitrogen and oxygen atoms in total. The summed E-state index contributed by atoms with van der Waals surface area (Å²) in [7, 11) is 0. The number of fused-ring (bicyclic) bond motifs is 1. The molecule has 1 fully saturated rings. The molecule has 2 aliphatic rings. The Labute approximate surface area is 135 Å². The third-order valence-electron chi connectivity index (χ3n) is 6.01. The molecule has 23 heavy (non-hydrogen) atoms. The minimum absolute atomic E-state index is 0.0659. The first kappa shape index (κ1) is 14.2. The summed E-state index contributed by atoms with van der Waals surface area (Å²) in [4.78, 5) is 16.7. The zero-order valence-electron chi connectivity index (χ0n) is 13.9. The molecule has 118 valence electrons. The number of para-hydroxylation sites is 1. The van der Waals surface area contributed by atoms with Crippen molar-refractivity contribution in [3.8, 4) is 0 Å². The molecule has 2 aromatic rings. The van der Waals surface area contributed by atoms with E-state index >= 15 is 0 Å². The molecule has 1 aliphatic carbocycles. The number of H-pyrrole nitrogens is 2. The van der Waals surface area contributed by atoms with Gasteiger partial charge in [-0.05, 0) is 23.0 Å². The number of nitrogens with one attached hydrogen (secondary N) is 2. The minimum atomic E-state index is -0.0659. The third-order valence-corrected chi connectivity index (χ3v) is 6.01. The number of allylic oxidation sites excluding steroid dienone is 1. The molecule has 0 amide bonds. The van der Waals surface area contributed by atoms with Gasteiger partial charge in [0.2, 0.25) is 0 Å². The maximum atomic E-state index is 12.3. The van der Waals surface area contributed by atoms with Gasteiger partial charge < -0.3 is 5.10 Å². The van der Waals surface area contributed by atoms with Crippen LogP contribution in [-0.2, 0) is 0 Å². The first-order valence-corrected chi connectivity index (χ1v) is 8.00. The minimum Gasteiger partial charge on any atom is -0.301 e. The van der Waals surface area contributed by atoms with E-state index in [9.17, 15) is 4.79 Å². The molecular formula is C19H21N3O. The number of hydrogen-bond acceptors (Lipinski definition) is 2. The predicted molar refractivity (Wildman–Crippen MR) is 94.2 cm³/mol. The number of aromatic nitrogens is 2. The van der Waals surface area contributed by atoms with Gasteiger partial charge in [0.25, 0.3) is 5.56 Å². The van der Waals surface area contributed by atoms with Gasteiger partial charge in [0.15, 0.2) is 0 Å². The molecule has 1 aromatic heterocycles. The molecule has 0 unspecified atom stereocenters. The standard InChI is InChI=1S/C19H21N3O/c1-18(2)16(19(18,3)4)15-13(17(23)22-21-15)9-11-10-20-14-8-6-5-7-12(11)14/h5-10,16H,1-4H3,(H2,21,22,23)/b11-9-. The Morgan fingerprint density at radius 3 is 2.48 bits per heavy atom. The Kier molecular flexibility index (Phi) is 2.69. The van der Waals surface area contributed by atoms with Crippen LogP contribution in [0.3, 0.4) is 0 Å². The van der Waals surface area contributed by atoms with Crippen LogP contribution in [0.25, 0.3) is 11.6 Å². The molecule has 0 radical (unpaired) electrons. The van der Waals surface area contributed by atoms with Gasteiger partial charge in [-0.1, -0.05) is 45.9 Å². The van der Waals surface area contributed by atoms with E-state index in [0.717, 1.165) is 28.1 Å². The fourth-order valence-electron chi connectivity index (χ4n) is 3.98. The Morgan fingerprint density at radius 1 is 1.09 bits per heavy atom. The fourth-order valence-corrected chi connectivity index (χ4v) is 3.98. The second kappa shape index (κ2) is 4.34. The summed E-state index contributed by atoms with van der Waals surface area (Å²) < 4.78 is 0. The van der Waals surface area contributed by atoms with E-state index in [-0.39, 0.29) is 16.4 Å². The molecule has 2 heterocycles. The summed E-state index contributed by atoms with van der Waals surface area (Å²) in [5.41, 5.74) is 5.04. The van der Waals surface area contributed by atoms with E-state index < -0.39 is 0 Å². The molecule has 0 atom stereocenters. The lowest BCUT2D eigenvalue weighted by atomic mass is 10.0. The number of aromatic amines is 2. The summed E-state index contributed by atoms with van der Waals surface area (Å²) in [5, 5.41) is 5.88. The van der Waals surface area contributed by atoms with Crippen molar-refractivity contribution in [2.75, 3.05) is 0 Å². The Morgan fingerprint density at radius 2 is 1.78 bits per heavy atom. The van der Waals surface area contributed by atoms with Crippen molar-refractivity contribution in [3.63, 3.8) is 0 Å². The highest BCUT2D eigenvalue weighted by molar-refractivity contribution is 6.21. The molecular weight excluding hydrogens is 286 g/mol. The highest BCUT2D eigenvalue weighted by Crippen LogP contribution is 2.73. The normalized spacial score (nSPS) is 22.5. The number of hydrogen-bond donors (Lipinski definition) is 2. The van der Waals surface area contributed by atoms with Crippen LogP contribution in [0.15, 0.2) is 34.1 Å². The first-order valence-electron chi connectivity index (χ1n) is 8.00. The van der Waals surface area contributed by atoms with Crippen LogP contribution in [0.2, 0.25) is 0 Å². The largest absolute Gasteiger partial charge is 0.301 e. The van der Waals surface area contributed by atoms with Gasteiger partial charge in [-0.15, -0.1) is 0 Å². The van der Waals surface area contributed by atoms with Crippen molar-refractivity contribution in [2.45, 2.75) is 33.6 Å². The highest BCUT2D eigenvalue weighted by atomic mass is 16.1. The van der Waals surface area contributed by atoms with Gasteiger partial charge in [-0.25, -0.2) is 0 Å². The molecule has 1 saturated carbocycles. The zero-order valence-corrected chi connectivity index (χ0v) is 13.9. The second-order valence-corrected chi connectivity index (χ2v) is 7.66. The van der Waals surface area contributed by atoms with Gasteiger partial charge >= 0.3 is 0 Å². The lowest BCUT2D eigenvalue weighted by molar-refractivity contribution is 0.457. The van der Waals surface area contributed by atoms with E-state index in [1.165, 1.54) is 0 Å². The van der Waals surface area contributed by atoms with Crippen molar-refractivity contribution >= 4 is 23.6 Å². The summed E-state index contributed by atoms with van der Waals surface area (Å²) in [6, 6.07) is 8.00. The second-order valence-electron chi connectivity index (χ2n) is 7.66. The van der Waals surface area contributed by atoms with Crippen LogP contribution >= 0.6 is 0 Å². The molecule has 0 spiro atoms. The highest BCUT2D eigenvalue weighted by Gasteiger charge is 2.66. The van der Waals surface area contributed by atoms with E-state index in [2.05, 4.69) is 42.9 Å². The monoisotopic (exact) mass is 307 g/mol. The molecule has 2 N–H and O–H groups in total. The quantitative estimate of drug-likeness (QED) is 0.861. The molecule has 0 bridgehead atoms. The van der Waals surface area contributed by atoms with Crippen LogP contribution in [0.5, 0.6) is 0 Å². The van der Waals surface area contributed by atoms with Crippen molar-refractivity contribution in [3.05, 3.63) is 51.4 Å². The number of nitrogens with zero attached hydrogens (tertiary/aromatic N) is 1. The Balaban J connectivity index is 1.81. The SMILES string of the molecule is CC1(C)C(c2[nH][nH]c(=O)c2/C=C2/C=Nc3ccccc32)C1(C)C. The van der Waals surface area contributed by atoms with Crippen molar-refractivity contribution in [2.24, 2.45) is 15.8 Å². The van der Waals surface area contributed by atoms with Gasteiger partial charge in [-0.2, -0.15) is 0 Å². The lowest BCUT2D eigenvalue weighted by Gasteiger charge is -2.03. The maximum absolute atomic E-state index is 12.3. The molecule has 1 aromatic carbocycles. The van der Waals surface area contributed by atoms with Gasteiger partial charge in [0, 0.05) is 29.0 Å². The topological polar surface area (TPSA) is 61.0 Å². The summed E-state index contributed by atoms with van der Waals surface area (Å²) in [6.07, 6.45) is 3.80. The van der Waals surface area contributed by atoms with Crippen LogP contribution in [0.4, 0.5) is 5.69 Å². The molecule has 4 heteroatoms. The van der Waals surface area contributed by atoms with Crippen LogP contribution in [-0.4, -0.2) is 16.4 Å². The summed E-state index contributed by atoms with van der Waals surface area (Å²) in [5.74, 6) is 0.342. The van der Waals surface area contributed by atoms with Crippen molar-refractivity contribution in [1.29, 1.82) is 0 Å².